The number of nitrogens with zero attached hydrogens (tertiary/aromatic N) is 1. The molecule has 2 aromatic rings. The van der Waals surface area contributed by atoms with Crippen molar-refractivity contribution in [1.82, 2.24) is 0 Å². The molecule has 0 spiro atoms. The minimum Gasteiger partial charge on any atom is -0.484 e. The number of halogens is 1. The van der Waals surface area contributed by atoms with Gasteiger partial charge >= 0.3 is 0 Å². The zero-order chi connectivity index (χ0) is 15.1. The van der Waals surface area contributed by atoms with Gasteiger partial charge < -0.3 is 15.3 Å². The van der Waals surface area contributed by atoms with E-state index in [2.05, 4.69) is 10.5 Å². The van der Waals surface area contributed by atoms with Crippen molar-refractivity contribution >= 4 is 17.8 Å². The molecule has 0 aliphatic carbocycles. The molecule has 0 saturated carbocycles. The number of carbonyl (C=O) groups excluding carboxylic acids is 1. The first-order valence-corrected chi connectivity index (χ1v) is 6.14. The highest BCUT2D eigenvalue weighted by atomic mass is 19.1. The smallest absolute Gasteiger partial charge is 0.262 e. The van der Waals surface area contributed by atoms with E-state index in [1.54, 1.807) is 30.3 Å². The highest BCUT2D eigenvalue weighted by Crippen LogP contribution is 2.14. The molecule has 2 aromatic carbocycles. The summed E-state index contributed by atoms with van der Waals surface area (Å²) in [5, 5.41) is 13.8. The predicted octanol–water partition coefficient (Wildman–Crippen LogP) is 2.65. The van der Waals surface area contributed by atoms with Crippen LogP contribution >= 0.6 is 0 Å². The molecule has 0 radical (unpaired) electrons. The van der Waals surface area contributed by atoms with Gasteiger partial charge in [0.1, 0.15) is 11.6 Å². The Bertz CT molecular complexity index is 659. The van der Waals surface area contributed by atoms with Crippen LogP contribution in [0.4, 0.5) is 10.1 Å². The van der Waals surface area contributed by atoms with E-state index in [9.17, 15) is 9.18 Å². The normalized spacial score (nSPS) is 10.5. The third-order valence-corrected chi connectivity index (χ3v) is 2.58. The monoisotopic (exact) mass is 288 g/mol. The molecule has 21 heavy (non-hydrogen) atoms. The van der Waals surface area contributed by atoms with Crippen LogP contribution in [0, 0.1) is 5.82 Å². The third-order valence-electron chi connectivity index (χ3n) is 2.58. The van der Waals surface area contributed by atoms with Gasteiger partial charge in [-0.3, -0.25) is 4.79 Å². The lowest BCUT2D eigenvalue weighted by Gasteiger charge is -2.08. The molecule has 2 N–H and O–H groups in total. The second kappa shape index (κ2) is 7.04. The largest absolute Gasteiger partial charge is 0.484 e. The van der Waals surface area contributed by atoms with Crippen LogP contribution in [0.1, 0.15) is 5.56 Å². The highest BCUT2D eigenvalue weighted by molar-refractivity contribution is 5.92. The van der Waals surface area contributed by atoms with E-state index in [0.717, 1.165) is 0 Å². The second-order valence-corrected chi connectivity index (χ2v) is 4.13. The topological polar surface area (TPSA) is 70.9 Å². The van der Waals surface area contributed by atoms with Crippen molar-refractivity contribution in [3.8, 4) is 5.75 Å². The van der Waals surface area contributed by atoms with E-state index in [1.165, 1.54) is 24.4 Å². The number of benzene rings is 2. The molecule has 0 bridgehead atoms. The Labute approximate surface area is 120 Å². The Balaban J connectivity index is 1.92. The maximum absolute atomic E-state index is 13.4. The van der Waals surface area contributed by atoms with Crippen LogP contribution in [-0.2, 0) is 4.79 Å². The number of rotatable bonds is 5. The summed E-state index contributed by atoms with van der Waals surface area (Å²) in [6.45, 7) is -0.256. The Kier molecular flexibility index (Phi) is 4.87. The summed E-state index contributed by atoms with van der Waals surface area (Å²) < 4.78 is 18.6. The Morgan fingerprint density at radius 3 is 2.86 bits per heavy atom. The summed E-state index contributed by atoms with van der Waals surface area (Å²) >= 11 is 0. The zero-order valence-electron chi connectivity index (χ0n) is 11.0. The molecule has 0 heterocycles. The number of nitrogens with one attached hydrogen (secondary N) is 1. The minimum absolute atomic E-state index is 0.104. The quantitative estimate of drug-likeness (QED) is 0.505. The lowest BCUT2D eigenvalue weighted by atomic mass is 10.2. The molecule has 0 atom stereocenters. The number of carbonyl (C=O) groups is 1. The van der Waals surface area contributed by atoms with Crippen molar-refractivity contribution in [1.29, 1.82) is 0 Å². The fraction of sp³-hybridized carbons (Fsp3) is 0.0667. The van der Waals surface area contributed by atoms with Crippen molar-refractivity contribution in [3.05, 3.63) is 59.9 Å². The summed E-state index contributed by atoms with van der Waals surface area (Å²) in [7, 11) is 0. The van der Waals surface area contributed by atoms with Gasteiger partial charge in [0.15, 0.2) is 6.61 Å². The van der Waals surface area contributed by atoms with E-state index in [-0.39, 0.29) is 12.3 Å². The Morgan fingerprint density at radius 1 is 1.29 bits per heavy atom. The van der Waals surface area contributed by atoms with E-state index in [0.29, 0.717) is 11.3 Å². The number of hydrogen-bond acceptors (Lipinski definition) is 4. The van der Waals surface area contributed by atoms with Crippen LogP contribution in [-0.4, -0.2) is 23.9 Å². The van der Waals surface area contributed by atoms with Gasteiger partial charge in [-0.15, -0.1) is 0 Å². The Morgan fingerprint density at radius 2 is 2.10 bits per heavy atom. The molecule has 0 fully saturated rings. The molecule has 6 heteroatoms. The summed E-state index contributed by atoms with van der Waals surface area (Å²) in [6, 6.07) is 12.6. The van der Waals surface area contributed by atoms with Crippen molar-refractivity contribution < 1.29 is 19.1 Å². The van der Waals surface area contributed by atoms with Crippen molar-refractivity contribution in [2.24, 2.45) is 5.16 Å². The van der Waals surface area contributed by atoms with Gasteiger partial charge in [0.25, 0.3) is 5.91 Å². The maximum Gasteiger partial charge on any atom is 0.262 e. The third kappa shape index (κ3) is 4.31. The maximum atomic E-state index is 13.4. The summed E-state index contributed by atoms with van der Waals surface area (Å²) in [4.78, 5) is 11.7. The van der Waals surface area contributed by atoms with Gasteiger partial charge in [0.05, 0.1) is 11.9 Å². The van der Waals surface area contributed by atoms with Gasteiger partial charge in [-0.2, -0.15) is 0 Å². The van der Waals surface area contributed by atoms with Gasteiger partial charge in [-0.25, -0.2) is 4.39 Å². The predicted molar refractivity (Wildman–Crippen MR) is 76.3 cm³/mol. The SMILES string of the molecule is O=C(COc1cccc(/C=N/O)c1)Nc1ccccc1F. The number of anilines is 1. The second-order valence-electron chi connectivity index (χ2n) is 4.13. The molecule has 0 unspecified atom stereocenters. The van der Waals surface area contributed by atoms with Gasteiger partial charge in [0.2, 0.25) is 0 Å². The van der Waals surface area contributed by atoms with Gasteiger partial charge in [-0.05, 0) is 29.8 Å². The van der Waals surface area contributed by atoms with Crippen LogP contribution in [0.15, 0.2) is 53.7 Å². The summed E-state index contributed by atoms with van der Waals surface area (Å²) in [6.07, 6.45) is 1.24. The summed E-state index contributed by atoms with van der Waals surface area (Å²) in [5.74, 6) is -0.538. The summed E-state index contributed by atoms with van der Waals surface area (Å²) in [5.41, 5.74) is 0.733. The minimum atomic E-state index is -0.507. The molecule has 5 nitrogen and oxygen atoms in total. The van der Waals surface area contributed by atoms with Crippen molar-refractivity contribution in [2.75, 3.05) is 11.9 Å². The molecular formula is C15H13FN2O3. The van der Waals surface area contributed by atoms with E-state index >= 15 is 0 Å². The highest BCUT2D eigenvalue weighted by Gasteiger charge is 2.07. The fourth-order valence-electron chi connectivity index (χ4n) is 1.65. The van der Waals surface area contributed by atoms with Crippen LogP contribution in [0.2, 0.25) is 0 Å². The van der Waals surface area contributed by atoms with Crippen LogP contribution in [0.25, 0.3) is 0 Å². The van der Waals surface area contributed by atoms with E-state index in [1.807, 2.05) is 0 Å². The first kappa shape index (κ1) is 14.5. The van der Waals surface area contributed by atoms with Crippen LogP contribution in [0.3, 0.4) is 0 Å². The van der Waals surface area contributed by atoms with Gasteiger partial charge in [0, 0.05) is 0 Å². The number of amides is 1. The Hall–Kier alpha value is -2.89. The molecule has 0 aliphatic heterocycles. The van der Waals surface area contributed by atoms with Crippen LogP contribution < -0.4 is 10.1 Å². The molecule has 1 amide bonds. The number of oxime groups is 1. The van der Waals surface area contributed by atoms with Crippen molar-refractivity contribution in [3.63, 3.8) is 0 Å². The molecule has 2 rings (SSSR count). The first-order valence-electron chi connectivity index (χ1n) is 6.14. The lowest BCUT2D eigenvalue weighted by molar-refractivity contribution is -0.118. The molecular weight excluding hydrogens is 275 g/mol. The molecule has 108 valence electrons. The van der Waals surface area contributed by atoms with E-state index < -0.39 is 11.7 Å². The molecule has 0 aromatic heterocycles. The number of hydrogen-bond donors (Lipinski definition) is 2. The van der Waals surface area contributed by atoms with Gasteiger partial charge in [-0.1, -0.05) is 29.4 Å². The first-order chi connectivity index (χ1) is 10.2. The number of ether oxygens (including phenoxy) is 1. The molecule has 0 saturated heterocycles. The lowest BCUT2D eigenvalue weighted by Crippen LogP contribution is -2.20. The van der Waals surface area contributed by atoms with E-state index in [4.69, 9.17) is 9.94 Å². The fourth-order valence-corrected chi connectivity index (χ4v) is 1.65. The average Bonchev–Trinajstić information content (AvgIpc) is 2.48. The standard InChI is InChI=1S/C15H13FN2O3/c16-13-6-1-2-7-14(13)18-15(19)10-21-12-5-3-4-11(8-12)9-17-20/h1-9,20H,10H2,(H,18,19)/b17-9+. The molecule has 0 aliphatic rings. The zero-order valence-corrected chi connectivity index (χ0v) is 11.0. The average molecular weight is 288 g/mol. The number of para-hydroxylation sites is 1. The van der Waals surface area contributed by atoms with Crippen LogP contribution in [0.5, 0.6) is 5.75 Å². The van der Waals surface area contributed by atoms with Crippen molar-refractivity contribution in [2.45, 2.75) is 0 Å².